The van der Waals surface area contributed by atoms with E-state index in [2.05, 4.69) is 13.0 Å². The number of benzene rings is 3. The second-order valence-electron chi connectivity index (χ2n) is 8.94. The minimum Gasteiger partial charge on any atom is -0.279 e. The molecular weight excluding hydrogens is 478 g/mol. The summed E-state index contributed by atoms with van der Waals surface area (Å²) in [6.45, 7) is 5.55. The summed E-state index contributed by atoms with van der Waals surface area (Å²) in [4.78, 5) is 20.4. The van der Waals surface area contributed by atoms with E-state index in [1.807, 2.05) is 43.3 Å². The molecule has 180 valence electrons. The van der Waals surface area contributed by atoms with E-state index >= 15 is 0 Å². The van der Waals surface area contributed by atoms with E-state index in [0.717, 1.165) is 39.7 Å². The summed E-state index contributed by atoms with van der Waals surface area (Å²) in [5.41, 5.74) is 4.55. The molecule has 35 heavy (non-hydrogen) atoms. The molecule has 5 rings (SSSR count). The van der Waals surface area contributed by atoms with Gasteiger partial charge in [-0.2, -0.15) is 4.31 Å². The lowest BCUT2D eigenvalue weighted by Crippen LogP contribution is -2.30. The highest BCUT2D eigenvalue weighted by Crippen LogP contribution is 2.34. The van der Waals surface area contributed by atoms with Crippen molar-refractivity contribution in [1.29, 1.82) is 0 Å². The van der Waals surface area contributed by atoms with Gasteiger partial charge in [0.1, 0.15) is 0 Å². The molecule has 1 aliphatic rings. The largest absolute Gasteiger partial charge is 0.279 e. The molecule has 1 aromatic heterocycles. The van der Waals surface area contributed by atoms with E-state index in [1.165, 1.54) is 27.8 Å². The first kappa shape index (κ1) is 23.7. The van der Waals surface area contributed by atoms with Crippen molar-refractivity contribution >= 4 is 42.6 Å². The Hall–Kier alpha value is -3.07. The number of carbonyl (C=O) groups excluding carboxylic acids is 1. The fraction of sp³-hybridized carbons (Fsp3) is 0.259. The molecule has 1 fully saturated rings. The molecule has 0 unspecified atom stereocenters. The predicted octanol–water partition coefficient (Wildman–Crippen LogP) is 5.54. The van der Waals surface area contributed by atoms with E-state index in [9.17, 15) is 13.2 Å². The molecule has 0 bridgehead atoms. The number of aryl methyl sites for hydroxylation is 2. The summed E-state index contributed by atoms with van der Waals surface area (Å²) in [5, 5.41) is 0.622. The zero-order valence-corrected chi connectivity index (χ0v) is 21.4. The molecule has 6 nitrogen and oxygen atoms in total. The first-order valence-corrected chi connectivity index (χ1v) is 13.9. The molecule has 2 heterocycles. The number of hydrogen-bond acceptors (Lipinski definition) is 5. The third-order valence-electron chi connectivity index (χ3n) is 6.27. The molecule has 0 saturated carbocycles. The Kier molecular flexibility index (Phi) is 6.44. The fourth-order valence-electron chi connectivity index (χ4n) is 4.48. The number of nitrogens with zero attached hydrogens (tertiary/aromatic N) is 3. The monoisotopic (exact) mass is 505 g/mol. The summed E-state index contributed by atoms with van der Waals surface area (Å²) < 4.78 is 28.4. The van der Waals surface area contributed by atoms with Crippen molar-refractivity contribution in [3.8, 4) is 0 Å². The van der Waals surface area contributed by atoms with Crippen LogP contribution in [0.2, 0.25) is 0 Å². The molecule has 1 amide bonds. The molecule has 1 aliphatic heterocycles. The van der Waals surface area contributed by atoms with E-state index in [-0.39, 0.29) is 10.8 Å². The molecule has 0 aliphatic carbocycles. The summed E-state index contributed by atoms with van der Waals surface area (Å²) in [6, 6.07) is 20.2. The zero-order valence-electron chi connectivity index (χ0n) is 19.8. The van der Waals surface area contributed by atoms with Crippen LogP contribution in [0.4, 0.5) is 5.13 Å². The maximum atomic E-state index is 13.7. The summed E-state index contributed by atoms with van der Waals surface area (Å²) in [7, 11) is -3.53. The number of hydrogen-bond donors (Lipinski definition) is 0. The van der Waals surface area contributed by atoms with Crippen molar-refractivity contribution in [2.24, 2.45) is 0 Å². The topological polar surface area (TPSA) is 70.6 Å². The SMILES string of the molecule is Cc1cc(C)c2sc(N(Cc3ccccc3)C(=O)c3ccc(S(=O)(=O)N4CCCC4)cc3)nc2c1. The number of aromatic nitrogens is 1. The second-order valence-corrected chi connectivity index (χ2v) is 11.9. The van der Waals surface area contributed by atoms with Gasteiger partial charge in [-0.1, -0.05) is 47.7 Å². The van der Waals surface area contributed by atoms with Crippen LogP contribution in [0.15, 0.2) is 71.6 Å². The smallest absolute Gasteiger partial charge is 0.260 e. The van der Waals surface area contributed by atoms with Crippen LogP contribution in [0.25, 0.3) is 10.2 Å². The van der Waals surface area contributed by atoms with Crippen LogP contribution in [-0.4, -0.2) is 36.7 Å². The normalized spacial score (nSPS) is 14.5. The van der Waals surface area contributed by atoms with E-state index < -0.39 is 10.0 Å². The zero-order chi connectivity index (χ0) is 24.6. The number of thiazole rings is 1. The molecule has 3 aromatic carbocycles. The first-order valence-electron chi connectivity index (χ1n) is 11.7. The number of amides is 1. The van der Waals surface area contributed by atoms with Gasteiger partial charge >= 0.3 is 0 Å². The Balaban J connectivity index is 1.50. The van der Waals surface area contributed by atoms with Crippen molar-refractivity contribution in [3.05, 3.63) is 89.0 Å². The molecule has 1 saturated heterocycles. The number of carbonyl (C=O) groups is 1. The lowest BCUT2D eigenvalue weighted by molar-refractivity contribution is 0.0985. The average Bonchev–Trinajstić information content (AvgIpc) is 3.54. The lowest BCUT2D eigenvalue weighted by Gasteiger charge is -2.21. The highest BCUT2D eigenvalue weighted by Gasteiger charge is 2.28. The Morgan fingerprint density at radius 1 is 1.00 bits per heavy atom. The highest BCUT2D eigenvalue weighted by atomic mass is 32.2. The maximum absolute atomic E-state index is 13.7. The van der Waals surface area contributed by atoms with Crippen molar-refractivity contribution in [3.63, 3.8) is 0 Å². The lowest BCUT2D eigenvalue weighted by atomic mass is 10.1. The van der Waals surface area contributed by atoms with Crippen molar-refractivity contribution in [2.75, 3.05) is 18.0 Å². The van der Waals surface area contributed by atoms with Gasteiger partial charge in [0.2, 0.25) is 10.0 Å². The standard InChI is InChI=1S/C27H27N3O3S2/c1-19-16-20(2)25-24(17-19)28-27(34-25)30(18-21-8-4-3-5-9-21)26(31)22-10-12-23(13-11-22)35(32,33)29-14-6-7-15-29/h3-5,8-13,16-17H,6-7,14-15,18H2,1-2H3. The van der Waals surface area contributed by atoms with Crippen LogP contribution >= 0.6 is 11.3 Å². The van der Waals surface area contributed by atoms with E-state index in [0.29, 0.717) is 30.3 Å². The van der Waals surface area contributed by atoms with Crippen molar-refractivity contribution in [1.82, 2.24) is 9.29 Å². The average molecular weight is 506 g/mol. The minimum absolute atomic E-state index is 0.215. The molecule has 0 atom stereocenters. The van der Waals surface area contributed by atoms with Crippen LogP contribution in [-0.2, 0) is 16.6 Å². The van der Waals surface area contributed by atoms with E-state index in [4.69, 9.17) is 4.98 Å². The Morgan fingerprint density at radius 3 is 2.37 bits per heavy atom. The number of sulfonamides is 1. The van der Waals surface area contributed by atoms with Crippen LogP contribution in [0.3, 0.4) is 0 Å². The molecule has 0 radical (unpaired) electrons. The second kappa shape index (κ2) is 9.53. The van der Waals surface area contributed by atoms with Crippen LogP contribution in [0.5, 0.6) is 0 Å². The third-order valence-corrected chi connectivity index (χ3v) is 9.41. The van der Waals surface area contributed by atoms with Gasteiger partial charge in [-0.3, -0.25) is 9.69 Å². The fourth-order valence-corrected chi connectivity index (χ4v) is 7.01. The van der Waals surface area contributed by atoms with Crippen molar-refractivity contribution < 1.29 is 13.2 Å². The van der Waals surface area contributed by atoms with E-state index in [1.54, 1.807) is 17.0 Å². The van der Waals surface area contributed by atoms with Crippen molar-refractivity contribution in [2.45, 2.75) is 38.1 Å². The molecular formula is C27H27N3O3S2. The van der Waals surface area contributed by atoms with Gasteiger partial charge in [-0.15, -0.1) is 0 Å². The van der Waals surface area contributed by atoms with Gasteiger partial charge in [0.25, 0.3) is 5.91 Å². The molecule has 0 N–H and O–H groups in total. The summed E-state index contributed by atoms with van der Waals surface area (Å²) >= 11 is 1.50. The summed E-state index contributed by atoms with van der Waals surface area (Å²) in [5.74, 6) is -0.215. The van der Waals surface area contributed by atoms with Gasteiger partial charge in [-0.25, -0.2) is 13.4 Å². The highest BCUT2D eigenvalue weighted by molar-refractivity contribution is 7.89. The summed E-state index contributed by atoms with van der Waals surface area (Å²) in [6.07, 6.45) is 1.76. The van der Waals surface area contributed by atoms with Crippen LogP contribution < -0.4 is 4.90 Å². The van der Waals surface area contributed by atoms with Crippen LogP contribution in [0.1, 0.15) is 39.9 Å². The van der Waals surface area contributed by atoms with Gasteiger partial charge < -0.3 is 0 Å². The number of rotatable bonds is 6. The number of fused-ring (bicyclic) bond motifs is 1. The molecule has 8 heteroatoms. The van der Waals surface area contributed by atoms with Gasteiger partial charge in [0, 0.05) is 18.7 Å². The third kappa shape index (κ3) is 4.74. The maximum Gasteiger partial charge on any atom is 0.260 e. The Morgan fingerprint density at radius 2 is 1.69 bits per heavy atom. The van der Waals surface area contributed by atoms with Gasteiger partial charge in [0.15, 0.2) is 5.13 Å². The first-order chi connectivity index (χ1) is 16.8. The Labute approximate surface area is 209 Å². The minimum atomic E-state index is -3.53. The quantitative estimate of drug-likeness (QED) is 0.345. The van der Waals surface area contributed by atoms with Gasteiger partial charge in [0.05, 0.1) is 21.7 Å². The van der Waals surface area contributed by atoms with Gasteiger partial charge in [-0.05, 0) is 73.7 Å². The number of anilines is 1. The molecule has 4 aromatic rings. The Bertz CT molecular complexity index is 1470. The molecule has 0 spiro atoms. The van der Waals surface area contributed by atoms with Crippen LogP contribution in [0, 0.1) is 13.8 Å². The predicted molar refractivity (Wildman–Crippen MR) is 140 cm³/mol.